The zero-order valence-electron chi connectivity index (χ0n) is 17.2. The molecule has 0 saturated carbocycles. The van der Waals surface area contributed by atoms with Gasteiger partial charge in [-0.15, -0.1) is 5.10 Å². The van der Waals surface area contributed by atoms with Crippen LogP contribution in [0.1, 0.15) is 23.9 Å². The average molecular weight is 494 g/mol. The van der Waals surface area contributed by atoms with Gasteiger partial charge < -0.3 is 4.57 Å². The van der Waals surface area contributed by atoms with Crippen molar-refractivity contribution in [1.29, 1.82) is 5.41 Å². The van der Waals surface area contributed by atoms with Crippen molar-refractivity contribution in [2.24, 2.45) is 10.1 Å². The van der Waals surface area contributed by atoms with Crippen molar-refractivity contribution in [2.75, 3.05) is 5.75 Å². The molecule has 1 N–H and O–H groups in total. The molecular formula is C20H17ClFN5O3S2. The molecule has 32 heavy (non-hydrogen) atoms. The first-order valence-corrected chi connectivity index (χ1v) is 12.3. The van der Waals surface area contributed by atoms with Crippen LogP contribution in [0.15, 0.2) is 39.9 Å². The van der Waals surface area contributed by atoms with Gasteiger partial charge in [-0.25, -0.2) is 12.8 Å². The quantitative estimate of drug-likeness (QED) is 0.652. The summed E-state index contributed by atoms with van der Waals surface area (Å²) in [6.45, 7) is 5.15. The van der Waals surface area contributed by atoms with E-state index in [0.717, 1.165) is 28.2 Å². The van der Waals surface area contributed by atoms with Gasteiger partial charge in [0.15, 0.2) is 5.84 Å². The molecule has 0 atom stereocenters. The second-order valence-electron chi connectivity index (χ2n) is 7.05. The van der Waals surface area contributed by atoms with Gasteiger partial charge in [-0.05, 0) is 61.5 Å². The topological polar surface area (TPSA) is 108 Å². The lowest BCUT2D eigenvalue weighted by Crippen LogP contribution is -2.35. The summed E-state index contributed by atoms with van der Waals surface area (Å²) in [4.78, 5) is 16.6. The van der Waals surface area contributed by atoms with Gasteiger partial charge in [-0.1, -0.05) is 18.5 Å². The monoisotopic (exact) mass is 493 g/mol. The number of nitrogens with one attached hydrogen (secondary N) is 1. The van der Waals surface area contributed by atoms with Crippen molar-refractivity contribution in [2.45, 2.75) is 20.8 Å². The average Bonchev–Trinajstić information content (AvgIpc) is 3.29. The second-order valence-corrected chi connectivity index (χ2v) is 10.9. The van der Waals surface area contributed by atoms with Crippen molar-refractivity contribution in [3.05, 3.63) is 57.6 Å². The molecule has 8 nitrogen and oxygen atoms in total. The Labute approximate surface area is 192 Å². The van der Waals surface area contributed by atoms with Crippen LogP contribution in [0, 0.1) is 25.1 Å². The van der Waals surface area contributed by atoms with Crippen molar-refractivity contribution < 1.29 is 17.6 Å². The Balaban J connectivity index is 1.75. The van der Waals surface area contributed by atoms with Crippen LogP contribution in [0.2, 0.25) is 5.02 Å². The van der Waals surface area contributed by atoms with Gasteiger partial charge in [0.2, 0.25) is 19.4 Å². The maximum atomic E-state index is 13.6. The first-order valence-electron chi connectivity index (χ1n) is 9.41. The first-order chi connectivity index (χ1) is 15.0. The SMILES string of the molecule is CCS(=O)(=O)C1=NN2C(=N)/C(=C/c3cc(C)n(-c4ccc(F)c(Cl)c4)c3C)C(=O)N=C2S1. The summed E-state index contributed by atoms with van der Waals surface area (Å²) in [6.07, 6.45) is 1.52. The number of amides is 1. The third-order valence-corrected chi connectivity index (χ3v) is 8.39. The highest BCUT2D eigenvalue weighted by Gasteiger charge is 2.39. The number of hydrazone groups is 1. The van der Waals surface area contributed by atoms with Crippen LogP contribution < -0.4 is 0 Å². The number of halogens is 2. The number of hydrogen-bond acceptors (Lipinski definition) is 6. The van der Waals surface area contributed by atoms with Crippen LogP contribution in [0.25, 0.3) is 11.8 Å². The fourth-order valence-corrected chi connectivity index (χ4v) is 5.67. The summed E-state index contributed by atoms with van der Waals surface area (Å²) < 4.78 is 39.5. The van der Waals surface area contributed by atoms with E-state index in [9.17, 15) is 17.6 Å². The molecule has 4 rings (SSSR count). The van der Waals surface area contributed by atoms with E-state index in [-0.39, 0.29) is 31.7 Å². The number of carbonyl (C=O) groups excluding carboxylic acids is 1. The number of amidine groups is 2. The normalized spacial score (nSPS) is 17.7. The lowest BCUT2D eigenvalue weighted by atomic mass is 10.1. The molecular weight excluding hydrogens is 477 g/mol. The predicted molar refractivity (Wildman–Crippen MR) is 125 cm³/mol. The van der Waals surface area contributed by atoms with E-state index in [0.29, 0.717) is 11.3 Å². The van der Waals surface area contributed by atoms with Crippen molar-refractivity contribution in [1.82, 2.24) is 9.58 Å². The van der Waals surface area contributed by atoms with E-state index in [1.165, 1.54) is 25.1 Å². The molecule has 0 spiro atoms. The highest BCUT2D eigenvalue weighted by Crippen LogP contribution is 2.31. The van der Waals surface area contributed by atoms with Crippen molar-refractivity contribution >= 4 is 60.6 Å². The number of aromatic nitrogens is 1. The highest BCUT2D eigenvalue weighted by molar-refractivity contribution is 8.42. The van der Waals surface area contributed by atoms with Crippen LogP contribution >= 0.6 is 23.4 Å². The standard InChI is InChI=1S/C20H17ClFN5O3S2/c1-4-32(29,30)20-25-27-17(23)14(18(28)24-19(27)31-20)8-12-7-10(2)26(11(12)3)13-5-6-16(22)15(21)9-13/h5-9,23H,4H2,1-3H3/b14-8-,23-17?. The van der Waals surface area contributed by atoms with Gasteiger partial charge >= 0.3 is 0 Å². The molecule has 1 aromatic carbocycles. The number of sulfone groups is 1. The van der Waals surface area contributed by atoms with Gasteiger partial charge in [0, 0.05) is 17.1 Å². The Morgan fingerprint density at radius 2 is 2.00 bits per heavy atom. The van der Waals surface area contributed by atoms with Gasteiger partial charge in [0.25, 0.3) is 5.91 Å². The molecule has 1 aromatic heterocycles. The third-order valence-electron chi connectivity index (χ3n) is 5.01. The van der Waals surface area contributed by atoms with E-state index >= 15 is 0 Å². The second kappa shape index (κ2) is 7.98. The van der Waals surface area contributed by atoms with E-state index < -0.39 is 21.6 Å². The minimum atomic E-state index is -3.60. The Hall–Kier alpha value is -2.76. The zero-order chi connectivity index (χ0) is 23.4. The number of rotatable bonds is 3. The lowest BCUT2D eigenvalue weighted by molar-refractivity contribution is -0.114. The van der Waals surface area contributed by atoms with Crippen molar-refractivity contribution in [3.63, 3.8) is 0 Å². The molecule has 0 bridgehead atoms. The molecule has 0 unspecified atom stereocenters. The summed E-state index contributed by atoms with van der Waals surface area (Å²) in [5.41, 5.74) is 2.82. The molecule has 166 valence electrons. The number of aryl methyl sites for hydroxylation is 1. The van der Waals surface area contributed by atoms with E-state index in [1.54, 1.807) is 6.07 Å². The van der Waals surface area contributed by atoms with Gasteiger partial charge in [0.1, 0.15) is 5.82 Å². The number of fused-ring (bicyclic) bond motifs is 1. The highest BCUT2D eigenvalue weighted by atomic mass is 35.5. The summed E-state index contributed by atoms with van der Waals surface area (Å²) >= 11 is 6.68. The third kappa shape index (κ3) is 3.70. The van der Waals surface area contributed by atoms with E-state index in [1.807, 2.05) is 24.5 Å². The van der Waals surface area contributed by atoms with Crippen LogP contribution in [-0.4, -0.2) is 45.0 Å². The van der Waals surface area contributed by atoms with Gasteiger partial charge in [-0.3, -0.25) is 10.2 Å². The maximum Gasteiger partial charge on any atom is 0.283 e. The van der Waals surface area contributed by atoms with E-state index in [2.05, 4.69) is 10.1 Å². The molecule has 0 saturated heterocycles. The van der Waals surface area contributed by atoms with Crippen LogP contribution in [0.4, 0.5) is 4.39 Å². The molecule has 3 heterocycles. The Morgan fingerprint density at radius 3 is 2.66 bits per heavy atom. The van der Waals surface area contributed by atoms with Crippen LogP contribution in [0.5, 0.6) is 0 Å². The minimum Gasteiger partial charge on any atom is -0.318 e. The molecule has 12 heteroatoms. The molecule has 0 radical (unpaired) electrons. The van der Waals surface area contributed by atoms with Crippen LogP contribution in [0.3, 0.4) is 0 Å². The molecule has 0 aliphatic carbocycles. The molecule has 0 fully saturated rings. The minimum absolute atomic E-state index is 0.0109. The Bertz CT molecular complexity index is 1390. The number of carbonyl (C=O) groups is 1. The molecule has 2 aromatic rings. The number of thioether (sulfide) groups is 1. The number of nitrogens with zero attached hydrogens (tertiary/aromatic N) is 4. The summed E-state index contributed by atoms with van der Waals surface area (Å²) in [7, 11) is -3.60. The Kier molecular flexibility index (Phi) is 5.60. The Morgan fingerprint density at radius 1 is 1.28 bits per heavy atom. The maximum absolute atomic E-state index is 13.6. The smallest absolute Gasteiger partial charge is 0.283 e. The molecule has 2 aliphatic rings. The van der Waals surface area contributed by atoms with Crippen molar-refractivity contribution in [3.8, 4) is 5.69 Å². The van der Waals surface area contributed by atoms with Gasteiger partial charge in [0.05, 0.1) is 16.3 Å². The van der Waals surface area contributed by atoms with Crippen LogP contribution in [-0.2, 0) is 14.6 Å². The number of aliphatic imine (C=N–C) groups is 1. The number of hydrogen-bond donors (Lipinski definition) is 1. The predicted octanol–water partition coefficient (Wildman–Crippen LogP) is 3.90. The molecule has 2 aliphatic heterocycles. The number of benzene rings is 1. The lowest BCUT2D eigenvalue weighted by Gasteiger charge is -2.20. The summed E-state index contributed by atoms with van der Waals surface area (Å²) in [5.74, 6) is -1.59. The van der Waals surface area contributed by atoms with Gasteiger partial charge in [-0.2, -0.15) is 10.0 Å². The summed E-state index contributed by atoms with van der Waals surface area (Å²) in [5, 5.41) is 13.5. The first kappa shape index (κ1) is 22.4. The van der Waals surface area contributed by atoms with E-state index in [4.69, 9.17) is 17.0 Å². The fraction of sp³-hybridized carbons (Fsp3) is 0.200. The molecule has 1 amide bonds. The summed E-state index contributed by atoms with van der Waals surface area (Å²) in [6, 6.07) is 6.18. The fourth-order valence-electron chi connectivity index (χ4n) is 3.33. The zero-order valence-corrected chi connectivity index (χ0v) is 19.6. The largest absolute Gasteiger partial charge is 0.318 e.